The molecular weight excluding hydrogens is 216 g/mol. The third kappa shape index (κ3) is 2.30. The molecule has 0 radical (unpaired) electrons. The van der Waals surface area contributed by atoms with E-state index in [0.717, 1.165) is 19.4 Å². The molecule has 1 unspecified atom stereocenters. The SMILES string of the molecule is CC1CC(C#N)(C(=O)NC2(C)CCCOC2)C1. The summed E-state index contributed by atoms with van der Waals surface area (Å²) in [6.45, 7) is 5.40. The molecule has 1 aliphatic carbocycles. The first-order valence-corrected chi connectivity index (χ1v) is 6.31. The predicted octanol–water partition coefficient (Wildman–Crippen LogP) is 1.61. The first-order chi connectivity index (χ1) is 8.00. The highest BCUT2D eigenvalue weighted by Gasteiger charge is 2.50. The molecule has 1 atom stereocenters. The molecule has 1 amide bonds. The van der Waals surface area contributed by atoms with Crippen molar-refractivity contribution in [3.05, 3.63) is 0 Å². The molecule has 1 saturated heterocycles. The first-order valence-electron chi connectivity index (χ1n) is 6.31. The standard InChI is InChI=1S/C13H20N2O2/c1-10-6-13(7-10,8-14)11(16)15-12(2)4-3-5-17-9-12/h10H,3-7,9H2,1-2H3,(H,15,16). The molecule has 1 heterocycles. The van der Waals surface area contributed by atoms with Gasteiger partial charge in [0.05, 0.1) is 18.2 Å². The number of carbonyl (C=O) groups excluding carboxylic acids is 1. The van der Waals surface area contributed by atoms with Crippen LogP contribution in [0.1, 0.15) is 39.5 Å². The molecule has 2 aliphatic rings. The van der Waals surface area contributed by atoms with Gasteiger partial charge in [-0.1, -0.05) is 6.92 Å². The minimum atomic E-state index is -0.778. The van der Waals surface area contributed by atoms with Crippen molar-refractivity contribution in [2.45, 2.75) is 45.1 Å². The molecule has 1 saturated carbocycles. The van der Waals surface area contributed by atoms with Gasteiger partial charge in [0.1, 0.15) is 5.41 Å². The molecule has 0 aromatic carbocycles. The molecular formula is C13H20N2O2. The lowest BCUT2D eigenvalue weighted by Crippen LogP contribution is -2.58. The highest BCUT2D eigenvalue weighted by atomic mass is 16.5. The van der Waals surface area contributed by atoms with Crippen molar-refractivity contribution in [2.24, 2.45) is 11.3 Å². The fourth-order valence-electron chi connectivity index (χ4n) is 2.88. The van der Waals surface area contributed by atoms with E-state index in [1.165, 1.54) is 0 Å². The average Bonchev–Trinajstić information content (AvgIpc) is 2.24. The fraction of sp³-hybridized carbons (Fsp3) is 0.846. The third-order valence-corrected chi connectivity index (χ3v) is 3.90. The molecule has 94 valence electrons. The third-order valence-electron chi connectivity index (χ3n) is 3.90. The van der Waals surface area contributed by atoms with Gasteiger partial charge in [0, 0.05) is 6.61 Å². The van der Waals surface area contributed by atoms with Crippen LogP contribution in [0.3, 0.4) is 0 Å². The Morgan fingerprint density at radius 3 is 2.71 bits per heavy atom. The van der Waals surface area contributed by atoms with E-state index in [1.54, 1.807) is 0 Å². The maximum absolute atomic E-state index is 12.2. The summed E-state index contributed by atoms with van der Waals surface area (Å²) in [6, 6.07) is 2.20. The van der Waals surface area contributed by atoms with Crippen LogP contribution in [0.5, 0.6) is 0 Å². The summed E-state index contributed by atoms with van der Waals surface area (Å²) in [5.41, 5.74) is -1.07. The summed E-state index contributed by atoms with van der Waals surface area (Å²) in [7, 11) is 0. The molecule has 1 aliphatic heterocycles. The van der Waals surface area contributed by atoms with Gasteiger partial charge in [-0.15, -0.1) is 0 Å². The highest BCUT2D eigenvalue weighted by molar-refractivity contribution is 5.87. The van der Waals surface area contributed by atoms with Crippen LogP contribution in [-0.2, 0) is 9.53 Å². The van der Waals surface area contributed by atoms with Crippen molar-refractivity contribution in [2.75, 3.05) is 13.2 Å². The summed E-state index contributed by atoms with van der Waals surface area (Å²) < 4.78 is 5.41. The van der Waals surface area contributed by atoms with Crippen molar-refractivity contribution >= 4 is 5.91 Å². The zero-order valence-electron chi connectivity index (χ0n) is 10.6. The number of rotatable bonds is 2. The summed E-state index contributed by atoms with van der Waals surface area (Å²) in [4.78, 5) is 12.2. The topological polar surface area (TPSA) is 62.1 Å². The Labute approximate surface area is 102 Å². The second kappa shape index (κ2) is 4.30. The van der Waals surface area contributed by atoms with Crippen LogP contribution >= 0.6 is 0 Å². The minimum absolute atomic E-state index is 0.105. The van der Waals surface area contributed by atoms with Crippen LogP contribution in [0.2, 0.25) is 0 Å². The zero-order chi connectivity index (χ0) is 12.5. The van der Waals surface area contributed by atoms with Crippen molar-refractivity contribution in [1.82, 2.24) is 5.32 Å². The van der Waals surface area contributed by atoms with Crippen LogP contribution in [0.25, 0.3) is 0 Å². The van der Waals surface area contributed by atoms with Crippen LogP contribution in [0.15, 0.2) is 0 Å². The zero-order valence-corrected chi connectivity index (χ0v) is 10.6. The van der Waals surface area contributed by atoms with Gasteiger partial charge in [0.2, 0.25) is 5.91 Å². The molecule has 0 aromatic heterocycles. The molecule has 0 bridgehead atoms. The number of nitrogens with zero attached hydrogens (tertiary/aromatic N) is 1. The number of carbonyl (C=O) groups is 1. The highest BCUT2D eigenvalue weighted by Crippen LogP contribution is 2.45. The van der Waals surface area contributed by atoms with Gasteiger partial charge >= 0.3 is 0 Å². The number of nitriles is 1. The first kappa shape index (κ1) is 12.4. The van der Waals surface area contributed by atoms with Crippen LogP contribution in [0, 0.1) is 22.7 Å². The number of nitrogens with one attached hydrogen (secondary N) is 1. The molecule has 0 spiro atoms. The Morgan fingerprint density at radius 2 is 2.24 bits per heavy atom. The Bertz CT molecular complexity index is 347. The van der Waals surface area contributed by atoms with Crippen LogP contribution < -0.4 is 5.32 Å². The number of amides is 1. The monoisotopic (exact) mass is 236 g/mol. The molecule has 1 N–H and O–H groups in total. The van der Waals surface area contributed by atoms with Crippen LogP contribution in [-0.4, -0.2) is 24.7 Å². The van der Waals surface area contributed by atoms with E-state index in [0.29, 0.717) is 25.4 Å². The average molecular weight is 236 g/mol. The van der Waals surface area contributed by atoms with E-state index >= 15 is 0 Å². The van der Waals surface area contributed by atoms with Gasteiger partial charge in [0.15, 0.2) is 0 Å². The Morgan fingerprint density at radius 1 is 1.53 bits per heavy atom. The lowest BCUT2D eigenvalue weighted by molar-refractivity contribution is -0.137. The van der Waals surface area contributed by atoms with Gasteiger partial charge in [-0.25, -0.2) is 0 Å². The van der Waals surface area contributed by atoms with E-state index in [-0.39, 0.29) is 11.4 Å². The van der Waals surface area contributed by atoms with Crippen molar-refractivity contribution in [3.63, 3.8) is 0 Å². The number of hydrogen-bond donors (Lipinski definition) is 1. The Kier molecular flexibility index (Phi) is 3.13. The van der Waals surface area contributed by atoms with Crippen molar-refractivity contribution < 1.29 is 9.53 Å². The Balaban J connectivity index is 1.99. The number of ether oxygens (including phenoxy) is 1. The second-order valence-electron chi connectivity index (χ2n) is 5.88. The van der Waals surface area contributed by atoms with Crippen molar-refractivity contribution in [3.8, 4) is 6.07 Å². The summed E-state index contributed by atoms with van der Waals surface area (Å²) in [5, 5.41) is 12.2. The normalized spacial score (nSPS) is 41.1. The van der Waals surface area contributed by atoms with E-state index < -0.39 is 5.41 Å². The van der Waals surface area contributed by atoms with E-state index in [4.69, 9.17) is 4.74 Å². The molecule has 4 heteroatoms. The van der Waals surface area contributed by atoms with Gasteiger partial charge in [-0.05, 0) is 38.5 Å². The summed E-state index contributed by atoms with van der Waals surface area (Å²) in [5.74, 6) is 0.377. The molecule has 17 heavy (non-hydrogen) atoms. The lowest BCUT2D eigenvalue weighted by Gasteiger charge is -2.43. The molecule has 0 aromatic rings. The van der Waals surface area contributed by atoms with Gasteiger partial charge in [0.25, 0.3) is 0 Å². The van der Waals surface area contributed by atoms with E-state index in [1.807, 2.05) is 6.92 Å². The summed E-state index contributed by atoms with van der Waals surface area (Å²) >= 11 is 0. The quantitative estimate of drug-likeness (QED) is 0.792. The molecule has 2 fully saturated rings. The predicted molar refractivity (Wildman–Crippen MR) is 63.0 cm³/mol. The maximum atomic E-state index is 12.2. The van der Waals surface area contributed by atoms with Gasteiger partial charge < -0.3 is 10.1 Å². The Hall–Kier alpha value is -1.08. The maximum Gasteiger partial charge on any atom is 0.240 e. The molecule has 4 nitrogen and oxygen atoms in total. The van der Waals surface area contributed by atoms with E-state index in [2.05, 4.69) is 18.3 Å². The summed E-state index contributed by atoms with van der Waals surface area (Å²) in [6.07, 6.45) is 3.26. The van der Waals surface area contributed by atoms with Gasteiger partial charge in [-0.3, -0.25) is 4.79 Å². The molecule has 2 rings (SSSR count). The van der Waals surface area contributed by atoms with E-state index in [9.17, 15) is 10.1 Å². The second-order valence-corrected chi connectivity index (χ2v) is 5.88. The lowest BCUT2D eigenvalue weighted by atomic mass is 9.62. The van der Waals surface area contributed by atoms with Crippen LogP contribution in [0.4, 0.5) is 0 Å². The van der Waals surface area contributed by atoms with Crippen molar-refractivity contribution in [1.29, 1.82) is 5.26 Å². The fourth-order valence-corrected chi connectivity index (χ4v) is 2.88. The largest absolute Gasteiger partial charge is 0.379 e. The number of hydrogen-bond acceptors (Lipinski definition) is 3. The smallest absolute Gasteiger partial charge is 0.240 e. The van der Waals surface area contributed by atoms with Gasteiger partial charge in [-0.2, -0.15) is 5.26 Å². The minimum Gasteiger partial charge on any atom is -0.379 e.